The molecule has 9 heteroatoms. The van der Waals surface area contributed by atoms with Crippen molar-refractivity contribution < 1.29 is 17.6 Å². The van der Waals surface area contributed by atoms with Crippen LogP contribution in [0.25, 0.3) is 0 Å². The molecule has 0 amide bonds. The van der Waals surface area contributed by atoms with E-state index in [0.29, 0.717) is 23.5 Å². The van der Waals surface area contributed by atoms with Gasteiger partial charge in [0.2, 0.25) is 11.8 Å². The number of halogens is 3. The minimum atomic E-state index is -4.47. The molecular weight excluding hydrogens is 311 g/mol. The van der Waals surface area contributed by atoms with Gasteiger partial charge >= 0.3 is 6.18 Å². The molecule has 0 aromatic carbocycles. The molecule has 1 aliphatic rings. The minimum absolute atomic E-state index is 0.162. The average molecular weight is 327 g/mol. The van der Waals surface area contributed by atoms with Crippen LogP contribution < -0.4 is 5.32 Å². The lowest BCUT2D eigenvalue weighted by atomic mass is 10.0. The Balaban J connectivity index is 1.53. The molecule has 23 heavy (non-hydrogen) atoms. The molecule has 124 valence electrons. The van der Waals surface area contributed by atoms with Crippen LogP contribution in [0.5, 0.6) is 0 Å². The van der Waals surface area contributed by atoms with Crippen molar-refractivity contribution in [3.8, 4) is 0 Å². The SMILES string of the molecule is Cc1nnc(C[C@@H]2CC[C@H](Nc3ccc(C(F)(F)F)nn3)C2)o1. The van der Waals surface area contributed by atoms with E-state index in [1.54, 1.807) is 6.92 Å². The van der Waals surface area contributed by atoms with Crippen molar-refractivity contribution >= 4 is 5.82 Å². The number of nitrogens with zero attached hydrogens (tertiary/aromatic N) is 4. The van der Waals surface area contributed by atoms with Crippen molar-refractivity contribution in [1.29, 1.82) is 0 Å². The summed E-state index contributed by atoms with van der Waals surface area (Å²) in [6.45, 7) is 1.75. The van der Waals surface area contributed by atoms with Gasteiger partial charge in [-0.05, 0) is 37.3 Å². The van der Waals surface area contributed by atoms with Crippen molar-refractivity contribution in [3.05, 3.63) is 29.6 Å². The number of rotatable bonds is 4. The molecule has 0 saturated heterocycles. The van der Waals surface area contributed by atoms with Crippen LogP contribution in [-0.2, 0) is 12.6 Å². The Bertz CT molecular complexity index is 655. The maximum Gasteiger partial charge on any atom is 0.435 e. The van der Waals surface area contributed by atoms with Crippen LogP contribution in [0, 0.1) is 12.8 Å². The maximum absolute atomic E-state index is 12.4. The molecular formula is C14H16F3N5O. The summed E-state index contributed by atoms with van der Waals surface area (Å²) in [6, 6.07) is 2.41. The summed E-state index contributed by atoms with van der Waals surface area (Å²) in [5, 5.41) is 17.7. The van der Waals surface area contributed by atoms with Crippen LogP contribution in [0.15, 0.2) is 16.5 Å². The minimum Gasteiger partial charge on any atom is -0.426 e. The fourth-order valence-electron chi connectivity index (χ4n) is 2.83. The van der Waals surface area contributed by atoms with Gasteiger partial charge in [0.15, 0.2) is 5.69 Å². The van der Waals surface area contributed by atoms with Gasteiger partial charge in [-0.2, -0.15) is 13.2 Å². The fourth-order valence-corrected chi connectivity index (χ4v) is 2.83. The second-order valence-corrected chi connectivity index (χ2v) is 5.74. The third kappa shape index (κ3) is 3.96. The predicted molar refractivity (Wildman–Crippen MR) is 74.5 cm³/mol. The van der Waals surface area contributed by atoms with Gasteiger partial charge in [0.25, 0.3) is 0 Å². The Hall–Kier alpha value is -2.19. The van der Waals surface area contributed by atoms with Gasteiger partial charge in [0, 0.05) is 19.4 Å². The largest absolute Gasteiger partial charge is 0.435 e. The van der Waals surface area contributed by atoms with Crippen molar-refractivity contribution in [2.24, 2.45) is 5.92 Å². The van der Waals surface area contributed by atoms with Crippen molar-refractivity contribution in [2.75, 3.05) is 5.32 Å². The Morgan fingerprint density at radius 3 is 2.61 bits per heavy atom. The summed E-state index contributed by atoms with van der Waals surface area (Å²) in [5.74, 6) is 1.95. The summed E-state index contributed by atoms with van der Waals surface area (Å²) in [7, 11) is 0. The first kappa shape index (κ1) is 15.7. The van der Waals surface area contributed by atoms with Crippen LogP contribution in [0.4, 0.5) is 19.0 Å². The summed E-state index contributed by atoms with van der Waals surface area (Å²) in [5.41, 5.74) is -0.987. The summed E-state index contributed by atoms with van der Waals surface area (Å²) in [6.07, 6.45) is -0.957. The van der Waals surface area contributed by atoms with Gasteiger partial charge in [0.1, 0.15) is 5.82 Å². The van der Waals surface area contributed by atoms with Crippen LogP contribution in [0.3, 0.4) is 0 Å². The van der Waals surface area contributed by atoms with Gasteiger partial charge in [-0.25, -0.2) is 0 Å². The molecule has 1 N–H and O–H groups in total. The van der Waals surface area contributed by atoms with Gasteiger partial charge < -0.3 is 9.73 Å². The van der Waals surface area contributed by atoms with E-state index in [9.17, 15) is 13.2 Å². The van der Waals surface area contributed by atoms with E-state index >= 15 is 0 Å². The first-order chi connectivity index (χ1) is 10.9. The molecule has 0 radical (unpaired) electrons. The molecule has 0 bridgehead atoms. The first-order valence-electron chi connectivity index (χ1n) is 7.36. The summed E-state index contributed by atoms with van der Waals surface area (Å²) < 4.78 is 42.7. The molecule has 1 aliphatic carbocycles. The van der Waals surface area contributed by atoms with Gasteiger partial charge in [-0.3, -0.25) is 0 Å². The average Bonchev–Trinajstić information content (AvgIpc) is 3.08. The van der Waals surface area contributed by atoms with Crippen molar-refractivity contribution in [1.82, 2.24) is 20.4 Å². The second-order valence-electron chi connectivity index (χ2n) is 5.74. The smallest absolute Gasteiger partial charge is 0.426 e. The third-order valence-corrected chi connectivity index (χ3v) is 3.88. The highest BCUT2D eigenvalue weighted by Gasteiger charge is 2.33. The lowest BCUT2D eigenvalue weighted by molar-refractivity contribution is -0.141. The Labute approximate surface area is 130 Å². The van der Waals surface area contributed by atoms with E-state index in [0.717, 1.165) is 31.7 Å². The monoisotopic (exact) mass is 327 g/mol. The van der Waals surface area contributed by atoms with E-state index in [1.807, 2.05) is 0 Å². The number of hydrogen-bond acceptors (Lipinski definition) is 6. The van der Waals surface area contributed by atoms with Crippen LogP contribution >= 0.6 is 0 Å². The van der Waals surface area contributed by atoms with Gasteiger partial charge in [0.05, 0.1) is 0 Å². The Morgan fingerprint density at radius 2 is 2.00 bits per heavy atom. The topological polar surface area (TPSA) is 76.7 Å². The van der Waals surface area contributed by atoms with Crippen LogP contribution in [-0.4, -0.2) is 26.4 Å². The van der Waals surface area contributed by atoms with E-state index in [4.69, 9.17) is 4.42 Å². The lowest BCUT2D eigenvalue weighted by Gasteiger charge is -2.13. The zero-order chi connectivity index (χ0) is 16.4. The normalized spacial score (nSPS) is 21.6. The highest BCUT2D eigenvalue weighted by molar-refractivity contribution is 5.35. The highest BCUT2D eigenvalue weighted by atomic mass is 19.4. The number of hydrogen-bond donors (Lipinski definition) is 1. The molecule has 6 nitrogen and oxygen atoms in total. The number of anilines is 1. The van der Waals surface area contributed by atoms with Crippen molar-refractivity contribution in [2.45, 2.75) is 44.8 Å². The van der Waals surface area contributed by atoms with Gasteiger partial charge in [-0.1, -0.05) is 0 Å². The Kier molecular flexibility index (Phi) is 4.18. The third-order valence-electron chi connectivity index (χ3n) is 3.88. The van der Waals surface area contributed by atoms with E-state index < -0.39 is 11.9 Å². The quantitative estimate of drug-likeness (QED) is 0.930. The fraction of sp³-hybridized carbons (Fsp3) is 0.571. The zero-order valence-corrected chi connectivity index (χ0v) is 12.5. The highest BCUT2D eigenvalue weighted by Crippen LogP contribution is 2.31. The molecule has 2 atom stereocenters. The molecule has 0 unspecified atom stereocenters. The van der Waals surface area contributed by atoms with Crippen LogP contribution in [0.1, 0.15) is 36.7 Å². The molecule has 0 aliphatic heterocycles. The lowest BCUT2D eigenvalue weighted by Crippen LogP contribution is -2.18. The molecule has 0 spiro atoms. The predicted octanol–water partition coefficient (Wildman–Crippen LogP) is 3.01. The molecule has 2 heterocycles. The summed E-state index contributed by atoms with van der Waals surface area (Å²) >= 11 is 0. The number of aromatic nitrogens is 4. The van der Waals surface area contributed by atoms with Gasteiger partial charge in [-0.15, -0.1) is 20.4 Å². The van der Waals surface area contributed by atoms with E-state index in [-0.39, 0.29) is 6.04 Å². The number of aryl methyl sites for hydroxylation is 1. The molecule has 1 fully saturated rings. The van der Waals surface area contributed by atoms with Crippen LogP contribution in [0.2, 0.25) is 0 Å². The van der Waals surface area contributed by atoms with Crippen molar-refractivity contribution in [3.63, 3.8) is 0 Å². The first-order valence-corrected chi connectivity index (χ1v) is 7.36. The molecule has 2 aromatic heterocycles. The number of nitrogens with one attached hydrogen (secondary N) is 1. The standard InChI is InChI=1S/C14H16F3N5O/c1-8-19-22-13(23-8)7-9-2-3-10(6-9)18-12-5-4-11(20-21-12)14(15,16)17/h4-5,9-10H,2-3,6-7H2,1H3,(H,18,21)/t9-,10+/m1/s1. The molecule has 3 rings (SSSR count). The molecule has 1 saturated carbocycles. The second kappa shape index (κ2) is 6.13. The van der Waals surface area contributed by atoms with E-state index in [2.05, 4.69) is 25.7 Å². The zero-order valence-electron chi connectivity index (χ0n) is 12.5. The molecule has 2 aromatic rings. The summed E-state index contributed by atoms with van der Waals surface area (Å²) in [4.78, 5) is 0. The van der Waals surface area contributed by atoms with E-state index in [1.165, 1.54) is 6.07 Å². The number of alkyl halides is 3. The maximum atomic E-state index is 12.4. The Morgan fingerprint density at radius 1 is 1.17 bits per heavy atom.